The molecule has 0 aliphatic heterocycles. The number of hydrogen-bond donors (Lipinski definition) is 1. The van der Waals surface area contributed by atoms with Gasteiger partial charge in [0.15, 0.2) is 12.4 Å². The van der Waals surface area contributed by atoms with Crippen molar-refractivity contribution in [2.24, 2.45) is 5.73 Å². The Bertz CT molecular complexity index is 310. The van der Waals surface area contributed by atoms with E-state index in [2.05, 4.69) is 4.74 Å². The number of nitrogens with two attached hydrogens (primary N) is 1. The highest BCUT2D eigenvalue weighted by atomic mass is 16.6. The Kier molecular flexibility index (Phi) is 3.67. The summed E-state index contributed by atoms with van der Waals surface area (Å²) in [6.45, 7) is 0. The molecule has 1 aromatic rings. The van der Waals surface area contributed by atoms with Crippen molar-refractivity contribution in [2.75, 3.05) is 0 Å². The van der Waals surface area contributed by atoms with E-state index in [4.69, 9.17) is 5.73 Å². The monoisotopic (exact) mass is 193 g/mol. The lowest BCUT2D eigenvalue weighted by molar-refractivity contribution is -0.114. The van der Waals surface area contributed by atoms with Gasteiger partial charge in [0.2, 0.25) is 0 Å². The first-order valence-corrected chi connectivity index (χ1v) is 4.17. The van der Waals surface area contributed by atoms with Gasteiger partial charge in [-0.3, -0.25) is 4.79 Å². The predicted molar refractivity (Wildman–Crippen MR) is 50.7 cm³/mol. The number of rotatable bonds is 4. The van der Waals surface area contributed by atoms with Gasteiger partial charge in [-0.15, -0.1) is 0 Å². The van der Waals surface area contributed by atoms with Crippen molar-refractivity contribution in [1.29, 1.82) is 0 Å². The third-order valence-electron chi connectivity index (χ3n) is 1.70. The minimum atomic E-state index is -0.932. The number of carbonyl (C=O) groups excluding carboxylic acids is 2. The molecule has 0 aliphatic rings. The molecule has 4 nitrogen and oxygen atoms in total. The Labute approximate surface area is 81.7 Å². The van der Waals surface area contributed by atoms with E-state index in [-0.39, 0.29) is 0 Å². The maximum atomic E-state index is 10.5. The second-order valence-electron chi connectivity index (χ2n) is 2.80. The molecule has 0 saturated carbocycles. The number of hydrogen-bond acceptors (Lipinski definition) is 3. The van der Waals surface area contributed by atoms with Crippen LogP contribution in [0.3, 0.4) is 0 Å². The van der Waals surface area contributed by atoms with Crippen molar-refractivity contribution >= 4 is 12.4 Å². The molecule has 2 N–H and O–H groups in total. The highest BCUT2D eigenvalue weighted by Gasteiger charge is 2.11. The Morgan fingerprint density at radius 1 is 1.43 bits per heavy atom. The first kappa shape index (κ1) is 10.2. The minimum absolute atomic E-state index is 0.354. The lowest BCUT2D eigenvalue weighted by atomic mass is 10.1. The Hall–Kier alpha value is -1.84. The quantitative estimate of drug-likeness (QED) is 0.722. The molecule has 0 aliphatic carbocycles. The summed E-state index contributed by atoms with van der Waals surface area (Å²) >= 11 is 0. The van der Waals surface area contributed by atoms with Crippen molar-refractivity contribution < 1.29 is 14.3 Å². The molecule has 0 heterocycles. The van der Waals surface area contributed by atoms with Crippen LogP contribution in [0.2, 0.25) is 0 Å². The van der Waals surface area contributed by atoms with Crippen LogP contribution in [0.4, 0.5) is 4.79 Å². The van der Waals surface area contributed by atoms with Crippen LogP contribution >= 0.6 is 0 Å². The van der Waals surface area contributed by atoms with E-state index in [1.54, 1.807) is 0 Å². The van der Waals surface area contributed by atoms with E-state index >= 15 is 0 Å². The molecule has 4 heteroatoms. The molecule has 1 rings (SSSR count). The zero-order valence-electron chi connectivity index (χ0n) is 7.55. The van der Waals surface area contributed by atoms with Crippen LogP contribution in [0.25, 0.3) is 0 Å². The number of ether oxygens (including phenoxy) is 1. The van der Waals surface area contributed by atoms with E-state index < -0.39 is 12.2 Å². The normalized spacial score (nSPS) is 11.7. The van der Waals surface area contributed by atoms with Crippen LogP contribution in [0.15, 0.2) is 30.3 Å². The summed E-state index contributed by atoms with van der Waals surface area (Å²) < 4.78 is 4.57. The average molecular weight is 193 g/mol. The number of primary amides is 1. The number of amides is 1. The molecule has 14 heavy (non-hydrogen) atoms. The van der Waals surface area contributed by atoms with Gasteiger partial charge in [-0.2, -0.15) is 0 Å². The van der Waals surface area contributed by atoms with Gasteiger partial charge in [0.1, 0.15) is 0 Å². The third kappa shape index (κ3) is 3.26. The zero-order chi connectivity index (χ0) is 10.4. The lowest BCUT2D eigenvalue weighted by Crippen LogP contribution is -2.25. The van der Waals surface area contributed by atoms with E-state index in [1.165, 1.54) is 0 Å². The summed E-state index contributed by atoms with van der Waals surface area (Å²) in [5.41, 5.74) is 5.72. The van der Waals surface area contributed by atoms with E-state index in [0.717, 1.165) is 5.56 Å². The Morgan fingerprint density at radius 2 is 2.07 bits per heavy atom. The number of carbonyl (C=O) groups is 2. The van der Waals surface area contributed by atoms with Gasteiger partial charge < -0.3 is 10.5 Å². The Morgan fingerprint density at radius 3 is 2.57 bits per heavy atom. The van der Waals surface area contributed by atoms with Crippen LogP contribution in [0, 0.1) is 0 Å². The summed E-state index contributed by atoms with van der Waals surface area (Å²) in [5, 5.41) is 0. The van der Waals surface area contributed by atoms with Crippen LogP contribution in [0.1, 0.15) is 5.56 Å². The lowest BCUT2D eigenvalue weighted by Gasteiger charge is -2.09. The van der Waals surface area contributed by atoms with Crippen molar-refractivity contribution in [2.45, 2.75) is 12.5 Å². The molecule has 1 amide bonds. The maximum absolute atomic E-state index is 10.5. The molecule has 1 aromatic carbocycles. The van der Waals surface area contributed by atoms with Crippen LogP contribution < -0.4 is 5.73 Å². The molecule has 74 valence electrons. The van der Waals surface area contributed by atoms with E-state index in [1.807, 2.05) is 30.3 Å². The van der Waals surface area contributed by atoms with Crippen LogP contribution in [-0.4, -0.2) is 18.5 Å². The minimum Gasteiger partial charge on any atom is -0.438 e. The fourth-order valence-electron chi connectivity index (χ4n) is 1.11. The summed E-state index contributed by atoms with van der Waals surface area (Å²) in [6.07, 6.45) is -0.807. The molecule has 0 aromatic heterocycles. The smallest absolute Gasteiger partial charge is 0.405 e. The summed E-state index contributed by atoms with van der Waals surface area (Å²) in [7, 11) is 0. The topological polar surface area (TPSA) is 69.4 Å². The second-order valence-corrected chi connectivity index (χ2v) is 2.80. The van der Waals surface area contributed by atoms with Crippen molar-refractivity contribution in [3.8, 4) is 0 Å². The first-order valence-electron chi connectivity index (χ1n) is 4.17. The van der Waals surface area contributed by atoms with Gasteiger partial charge in [-0.05, 0) is 5.56 Å². The van der Waals surface area contributed by atoms with Crippen molar-refractivity contribution in [3.63, 3.8) is 0 Å². The summed E-state index contributed by atoms with van der Waals surface area (Å²) in [5.74, 6) is 0. The highest BCUT2D eigenvalue weighted by molar-refractivity contribution is 5.69. The van der Waals surface area contributed by atoms with Crippen LogP contribution in [-0.2, 0) is 16.0 Å². The standard InChI is InChI=1S/C10H11NO3/c11-10(13)14-9(7-12)6-8-4-2-1-3-5-8/h1-5,7,9H,6H2,(H2,11,13). The largest absolute Gasteiger partial charge is 0.438 e. The van der Waals surface area contributed by atoms with Gasteiger partial charge in [0.25, 0.3) is 0 Å². The van der Waals surface area contributed by atoms with Gasteiger partial charge in [-0.25, -0.2) is 4.79 Å². The van der Waals surface area contributed by atoms with Gasteiger partial charge >= 0.3 is 6.09 Å². The summed E-state index contributed by atoms with van der Waals surface area (Å²) in [4.78, 5) is 20.9. The molecule has 0 spiro atoms. The van der Waals surface area contributed by atoms with Gasteiger partial charge in [-0.1, -0.05) is 30.3 Å². The number of aldehydes is 1. The van der Waals surface area contributed by atoms with E-state index in [0.29, 0.717) is 12.7 Å². The van der Waals surface area contributed by atoms with Crippen molar-refractivity contribution in [3.05, 3.63) is 35.9 Å². The molecule has 0 bridgehead atoms. The molecular weight excluding hydrogens is 182 g/mol. The average Bonchev–Trinajstić information content (AvgIpc) is 2.17. The van der Waals surface area contributed by atoms with Gasteiger partial charge in [0, 0.05) is 6.42 Å². The molecule has 0 radical (unpaired) electrons. The Balaban J connectivity index is 2.57. The fraction of sp³-hybridized carbons (Fsp3) is 0.200. The SMILES string of the molecule is NC(=O)OC(C=O)Cc1ccccc1. The second kappa shape index (κ2) is 5.01. The maximum Gasteiger partial charge on any atom is 0.405 e. The van der Waals surface area contributed by atoms with E-state index in [9.17, 15) is 9.59 Å². The fourth-order valence-corrected chi connectivity index (χ4v) is 1.11. The third-order valence-corrected chi connectivity index (χ3v) is 1.70. The molecule has 0 fully saturated rings. The molecule has 0 saturated heterocycles. The number of benzene rings is 1. The zero-order valence-corrected chi connectivity index (χ0v) is 7.55. The van der Waals surface area contributed by atoms with Gasteiger partial charge in [0.05, 0.1) is 0 Å². The molecule has 1 atom stereocenters. The molecule has 1 unspecified atom stereocenters. The summed E-state index contributed by atoms with van der Waals surface area (Å²) in [6, 6.07) is 9.26. The predicted octanol–water partition coefficient (Wildman–Crippen LogP) is 0.892. The first-order chi connectivity index (χ1) is 6.72. The highest BCUT2D eigenvalue weighted by Crippen LogP contribution is 2.04. The molecular formula is C10H11NO3. The van der Waals surface area contributed by atoms with Crippen molar-refractivity contribution in [1.82, 2.24) is 0 Å². The van der Waals surface area contributed by atoms with Crippen LogP contribution in [0.5, 0.6) is 0 Å².